The number of anilines is 1. The maximum atomic E-state index is 5.92. The van der Waals surface area contributed by atoms with E-state index < -0.39 is 0 Å². The Morgan fingerprint density at radius 3 is 2.67 bits per heavy atom. The van der Waals surface area contributed by atoms with Gasteiger partial charge in [0.25, 0.3) is 0 Å². The molecule has 0 N–H and O–H groups in total. The van der Waals surface area contributed by atoms with E-state index in [1.807, 2.05) is 36.5 Å². The van der Waals surface area contributed by atoms with E-state index in [4.69, 9.17) is 9.47 Å². The largest absolute Gasteiger partial charge is 0.489 e. The molecule has 0 unspecified atom stereocenters. The number of ether oxygens (including phenoxy) is 2. The normalized spacial score (nSPS) is 14.8. The van der Waals surface area contributed by atoms with Crippen LogP contribution in [0.25, 0.3) is 10.9 Å². The molecule has 4 rings (SSSR count). The number of morpholine rings is 1. The van der Waals surface area contributed by atoms with Crippen LogP contribution in [0.5, 0.6) is 5.75 Å². The van der Waals surface area contributed by atoms with Gasteiger partial charge in [-0.1, -0.05) is 30.3 Å². The molecule has 0 bridgehead atoms. The van der Waals surface area contributed by atoms with Gasteiger partial charge in [0.1, 0.15) is 12.4 Å². The molecule has 0 radical (unpaired) electrons. The third-order valence-electron chi connectivity index (χ3n) is 4.26. The van der Waals surface area contributed by atoms with Gasteiger partial charge in [0.05, 0.1) is 30.6 Å². The van der Waals surface area contributed by atoms with Gasteiger partial charge in [-0.05, 0) is 29.8 Å². The predicted octanol–water partition coefficient (Wildman–Crippen LogP) is 3.65. The van der Waals surface area contributed by atoms with Crippen molar-refractivity contribution in [2.45, 2.75) is 6.61 Å². The zero-order chi connectivity index (χ0) is 16.2. The van der Waals surface area contributed by atoms with Gasteiger partial charge in [0.2, 0.25) is 0 Å². The highest BCUT2D eigenvalue weighted by Crippen LogP contribution is 2.25. The molecule has 2 aromatic carbocycles. The molecule has 4 nitrogen and oxygen atoms in total. The summed E-state index contributed by atoms with van der Waals surface area (Å²) in [5.41, 5.74) is 3.29. The summed E-state index contributed by atoms with van der Waals surface area (Å²) < 4.78 is 11.3. The lowest BCUT2D eigenvalue weighted by Crippen LogP contribution is -2.36. The molecule has 1 fully saturated rings. The van der Waals surface area contributed by atoms with Crippen molar-refractivity contribution in [3.05, 3.63) is 66.4 Å². The quantitative estimate of drug-likeness (QED) is 0.735. The van der Waals surface area contributed by atoms with E-state index in [9.17, 15) is 0 Å². The van der Waals surface area contributed by atoms with Crippen LogP contribution in [0.1, 0.15) is 5.56 Å². The maximum absolute atomic E-state index is 5.92. The van der Waals surface area contributed by atoms with Crippen LogP contribution in [0.2, 0.25) is 0 Å². The molecule has 1 aliphatic rings. The van der Waals surface area contributed by atoms with Crippen LogP contribution in [-0.2, 0) is 11.3 Å². The average molecular weight is 320 g/mol. The Hall–Kier alpha value is -2.59. The van der Waals surface area contributed by atoms with Crippen LogP contribution >= 0.6 is 0 Å². The van der Waals surface area contributed by atoms with Crippen molar-refractivity contribution in [1.82, 2.24) is 4.98 Å². The average Bonchev–Trinajstić information content (AvgIpc) is 2.67. The number of hydrogen-bond donors (Lipinski definition) is 0. The van der Waals surface area contributed by atoms with Crippen molar-refractivity contribution in [2.75, 3.05) is 31.2 Å². The Morgan fingerprint density at radius 2 is 1.83 bits per heavy atom. The molecule has 0 saturated carbocycles. The monoisotopic (exact) mass is 320 g/mol. The zero-order valence-corrected chi connectivity index (χ0v) is 13.5. The van der Waals surface area contributed by atoms with Crippen molar-refractivity contribution in [3.8, 4) is 5.75 Å². The van der Waals surface area contributed by atoms with E-state index in [1.165, 1.54) is 0 Å². The lowest BCUT2D eigenvalue weighted by atomic mass is 10.2. The molecule has 0 aliphatic carbocycles. The number of aromatic nitrogens is 1. The first kappa shape index (κ1) is 15.0. The fourth-order valence-corrected chi connectivity index (χ4v) is 2.92. The Kier molecular flexibility index (Phi) is 4.30. The molecule has 0 spiro atoms. The van der Waals surface area contributed by atoms with Crippen LogP contribution in [0.4, 0.5) is 5.69 Å². The number of pyridine rings is 1. The van der Waals surface area contributed by atoms with E-state index in [1.54, 1.807) is 0 Å². The summed E-state index contributed by atoms with van der Waals surface area (Å²) >= 11 is 0. The second-order valence-electron chi connectivity index (χ2n) is 5.92. The summed E-state index contributed by atoms with van der Waals surface area (Å²) in [5.74, 6) is 0.868. The highest BCUT2D eigenvalue weighted by Gasteiger charge is 2.12. The van der Waals surface area contributed by atoms with Crippen molar-refractivity contribution < 1.29 is 9.47 Å². The summed E-state index contributed by atoms with van der Waals surface area (Å²) in [6.07, 6.45) is 1.94. The van der Waals surface area contributed by atoms with Crippen LogP contribution in [-0.4, -0.2) is 31.3 Å². The van der Waals surface area contributed by atoms with Gasteiger partial charge < -0.3 is 14.4 Å². The maximum Gasteiger partial charge on any atom is 0.120 e. The molecule has 4 heteroatoms. The Labute approximate surface area is 141 Å². The highest BCUT2D eigenvalue weighted by atomic mass is 16.5. The minimum Gasteiger partial charge on any atom is -0.489 e. The van der Waals surface area contributed by atoms with Crippen molar-refractivity contribution in [3.63, 3.8) is 0 Å². The Morgan fingerprint density at radius 1 is 1.00 bits per heavy atom. The molecule has 1 aliphatic heterocycles. The topological polar surface area (TPSA) is 34.6 Å². The lowest BCUT2D eigenvalue weighted by molar-refractivity contribution is 0.122. The fraction of sp³-hybridized carbons (Fsp3) is 0.250. The van der Waals surface area contributed by atoms with E-state index >= 15 is 0 Å². The Balaban J connectivity index is 1.54. The lowest BCUT2D eigenvalue weighted by Gasteiger charge is -2.28. The molecule has 0 amide bonds. The molecule has 1 saturated heterocycles. The SMILES string of the molecule is c1ccc(COc2ccc3ncc(N4CCOCC4)cc3c2)cc1. The van der Waals surface area contributed by atoms with Crippen molar-refractivity contribution >= 4 is 16.6 Å². The van der Waals surface area contributed by atoms with Gasteiger partial charge in [-0.3, -0.25) is 4.98 Å². The molecule has 1 aromatic heterocycles. The molecule has 2 heterocycles. The van der Waals surface area contributed by atoms with Gasteiger partial charge in [0.15, 0.2) is 0 Å². The second kappa shape index (κ2) is 6.89. The van der Waals surface area contributed by atoms with Gasteiger partial charge >= 0.3 is 0 Å². The number of hydrogen-bond acceptors (Lipinski definition) is 4. The molecular formula is C20H20N2O2. The van der Waals surface area contributed by atoms with Crippen LogP contribution in [0, 0.1) is 0 Å². The third-order valence-corrected chi connectivity index (χ3v) is 4.26. The van der Waals surface area contributed by atoms with Crippen LogP contribution < -0.4 is 9.64 Å². The van der Waals surface area contributed by atoms with E-state index in [0.29, 0.717) is 6.61 Å². The third kappa shape index (κ3) is 3.34. The van der Waals surface area contributed by atoms with Crippen LogP contribution in [0.3, 0.4) is 0 Å². The minimum atomic E-state index is 0.572. The predicted molar refractivity (Wildman–Crippen MR) is 95.5 cm³/mol. The summed E-state index contributed by atoms with van der Waals surface area (Å²) in [6, 6.07) is 18.4. The van der Waals surface area contributed by atoms with Gasteiger partial charge in [-0.25, -0.2) is 0 Å². The number of fused-ring (bicyclic) bond motifs is 1. The zero-order valence-electron chi connectivity index (χ0n) is 13.5. The number of rotatable bonds is 4. The summed E-state index contributed by atoms with van der Waals surface area (Å²) in [4.78, 5) is 6.89. The number of nitrogens with zero attached hydrogens (tertiary/aromatic N) is 2. The van der Waals surface area contributed by atoms with Crippen molar-refractivity contribution in [1.29, 1.82) is 0 Å². The van der Waals surface area contributed by atoms with Crippen LogP contribution in [0.15, 0.2) is 60.8 Å². The smallest absolute Gasteiger partial charge is 0.120 e. The van der Waals surface area contributed by atoms with Gasteiger partial charge in [0, 0.05) is 18.5 Å². The molecule has 122 valence electrons. The standard InChI is InChI=1S/C20H20N2O2/c1-2-4-16(5-3-1)15-24-19-6-7-20-17(13-19)12-18(14-21-20)22-8-10-23-11-9-22/h1-7,12-14H,8-11,15H2. The first-order valence-corrected chi connectivity index (χ1v) is 8.28. The summed E-state index contributed by atoms with van der Waals surface area (Å²) in [6.45, 7) is 3.95. The molecular weight excluding hydrogens is 300 g/mol. The molecule has 24 heavy (non-hydrogen) atoms. The van der Waals surface area contributed by atoms with E-state index in [-0.39, 0.29) is 0 Å². The van der Waals surface area contributed by atoms with Gasteiger partial charge in [-0.15, -0.1) is 0 Å². The second-order valence-corrected chi connectivity index (χ2v) is 5.92. The summed E-state index contributed by atoms with van der Waals surface area (Å²) in [7, 11) is 0. The van der Waals surface area contributed by atoms with E-state index in [2.05, 4.69) is 34.1 Å². The Bertz CT molecular complexity index is 814. The first-order valence-electron chi connectivity index (χ1n) is 8.28. The van der Waals surface area contributed by atoms with E-state index in [0.717, 1.165) is 54.2 Å². The van der Waals surface area contributed by atoms with Gasteiger partial charge in [-0.2, -0.15) is 0 Å². The molecule has 0 atom stereocenters. The van der Waals surface area contributed by atoms with Crippen molar-refractivity contribution in [2.24, 2.45) is 0 Å². The summed E-state index contributed by atoms with van der Waals surface area (Å²) in [5, 5.41) is 1.10. The number of benzene rings is 2. The fourth-order valence-electron chi connectivity index (χ4n) is 2.92. The minimum absolute atomic E-state index is 0.572. The first-order chi connectivity index (χ1) is 11.9. The molecule has 3 aromatic rings. The highest BCUT2D eigenvalue weighted by molar-refractivity contribution is 5.83.